The standard InChI is InChI=1S/C20H26N4O4S/c1-23(15-20(25)22-16-6-8-17(28-2)9-7-16)19-11-10-18(14-21-19)29(26,27)24-12-4-3-5-13-24/h6-11,14H,3-5,12-13,15H2,1-2H3,(H,22,25)/p+1. The maximum atomic E-state index is 12.7. The van der Waals surface area contributed by atoms with Gasteiger partial charge in [0.05, 0.1) is 14.2 Å². The van der Waals surface area contributed by atoms with Gasteiger partial charge in [-0.25, -0.2) is 13.4 Å². The van der Waals surface area contributed by atoms with Gasteiger partial charge in [0.25, 0.3) is 11.7 Å². The van der Waals surface area contributed by atoms with E-state index < -0.39 is 10.0 Å². The van der Waals surface area contributed by atoms with Gasteiger partial charge in [0.15, 0.2) is 6.54 Å². The lowest BCUT2D eigenvalue weighted by Gasteiger charge is -2.25. The van der Waals surface area contributed by atoms with Crippen LogP contribution in [0.15, 0.2) is 47.5 Å². The molecule has 3 rings (SSSR count). The zero-order chi connectivity index (χ0) is 20.9. The molecule has 0 bridgehead atoms. The summed E-state index contributed by atoms with van der Waals surface area (Å²) < 4.78 is 32.1. The molecule has 1 saturated heterocycles. The molecule has 2 aromatic rings. The molecule has 1 aromatic heterocycles. The largest absolute Gasteiger partial charge is 0.497 e. The lowest BCUT2D eigenvalue weighted by Crippen LogP contribution is -2.37. The molecule has 156 valence electrons. The summed E-state index contributed by atoms with van der Waals surface area (Å²) in [5.41, 5.74) is 0.677. The van der Waals surface area contributed by atoms with Crippen LogP contribution in [0, 0.1) is 0 Å². The van der Waals surface area contributed by atoms with Gasteiger partial charge in [0.2, 0.25) is 10.0 Å². The average Bonchev–Trinajstić information content (AvgIpc) is 2.75. The van der Waals surface area contributed by atoms with Gasteiger partial charge >= 0.3 is 0 Å². The second kappa shape index (κ2) is 9.23. The van der Waals surface area contributed by atoms with Gasteiger partial charge in [-0.05, 0) is 43.2 Å². The Kier molecular flexibility index (Phi) is 6.71. The van der Waals surface area contributed by atoms with Crippen molar-refractivity contribution in [3.05, 3.63) is 42.6 Å². The molecule has 1 aromatic carbocycles. The molecule has 1 fully saturated rings. The van der Waals surface area contributed by atoms with Crippen LogP contribution in [0.3, 0.4) is 0 Å². The van der Waals surface area contributed by atoms with Gasteiger partial charge in [0, 0.05) is 24.8 Å². The number of amides is 1. The third kappa shape index (κ3) is 5.24. The molecule has 1 amide bonds. The third-order valence-electron chi connectivity index (χ3n) is 4.89. The van der Waals surface area contributed by atoms with Crippen molar-refractivity contribution < 1.29 is 22.9 Å². The Balaban J connectivity index is 1.60. The Morgan fingerprint density at radius 2 is 1.83 bits per heavy atom. The second-order valence-electron chi connectivity index (χ2n) is 7.01. The predicted octanol–water partition coefficient (Wildman–Crippen LogP) is 1.76. The van der Waals surface area contributed by atoms with E-state index >= 15 is 0 Å². The van der Waals surface area contributed by atoms with E-state index in [-0.39, 0.29) is 17.3 Å². The van der Waals surface area contributed by atoms with Crippen molar-refractivity contribution in [2.75, 3.05) is 44.0 Å². The van der Waals surface area contributed by atoms with E-state index in [4.69, 9.17) is 4.74 Å². The number of nitrogens with one attached hydrogen (secondary N) is 2. The highest BCUT2D eigenvalue weighted by molar-refractivity contribution is 7.89. The van der Waals surface area contributed by atoms with Crippen LogP contribution >= 0.6 is 0 Å². The van der Waals surface area contributed by atoms with Gasteiger partial charge in [-0.3, -0.25) is 9.69 Å². The van der Waals surface area contributed by atoms with Crippen LogP contribution in [0.25, 0.3) is 0 Å². The van der Waals surface area contributed by atoms with Crippen molar-refractivity contribution in [1.82, 2.24) is 4.31 Å². The summed E-state index contributed by atoms with van der Waals surface area (Å²) in [6.45, 7) is 1.24. The number of hydrogen-bond acceptors (Lipinski definition) is 5. The molecule has 2 heterocycles. The maximum absolute atomic E-state index is 12.7. The monoisotopic (exact) mass is 419 g/mol. The number of nitrogens with zero attached hydrogens (tertiary/aromatic N) is 2. The Morgan fingerprint density at radius 1 is 1.14 bits per heavy atom. The number of ether oxygens (including phenoxy) is 1. The highest BCUT2D eigenvalue weighted by Crippen LogP contribution is 2.20. The first-order valence-electron chi connectivity index (χ1n) is 9.57. The maximum Gasteiger partial charge on any atom is 0.274 e. The quantitative estimate of drug-likeness (QED) is 0.738. The summed E-state index contributed by atoms with van der Waals surface area (Å²) >= 11 is 0. The van der Waals surface area contributed by atoms with E-state index in [0.29, 0.717) is 30.3 Å². The minimum Gasteiger partial charge on any atom is -0.497 e. The summed E-state index contributed by atoms with van der Waals surface area (Å²) in [5, 5.41) is 2.82. The molecular weight excluding hydrogens is 392 g/mol. The van der Waals surface area contributed by atoms with Crippen LogP contribution < -0.4 is 19.9 Å². The number of aromatic nitrogens is 1. The minimum absolute atomic E-state index is 0.112. The number of carbonyl (C=O) groups is 1. The lowest BCUT2D eigenvalue weighted by atomic mass is 10.2. The van der Waals surface area contributed by atoms with Gasteiger partial charge in [-0.15, -0.1) is 0 Å². The van der Waals surface area contributed by atoms with Crippen molar-refractivity contribution in [3.63, 3.8) is 0 Å². The number of H-pyrrole nitrogens is 1. The van der Waals surface area contributed by atoms with E-state index in [0.717, 1.165) is 19.3 Å². The van der Waals surface area contributed by atoms with E-state index in [1.54, 1.807) is 55.5 Å². The fourth-order valence-corrected chi connectivity index (χ4v) is 4.71. The lowest BCUT2D eigenvalue weighted by molar-refractivity contribution is -0.366. The highest BCUT2D eigenvalue weighted by atomic mass is 32.2. The first-order valence-corrected chi connectivity index (χ1v) is 11.0. The van der Waals surface area contributed by atoms with E-state index in [1.807, 2.05) is 0 Å². The molecule has 0 unspecified atom stereocenters. The number of likely N-dealkylation sites (N-methyl/N-ethyl adjacent to an activating group) is 1. The zero-order valence-electron chi connectivity index (χ0n) is 16.7. The summed E-state index contributed by atoms with van der Waals surface area (Å²) in [7, 11) is -0.132. The number of rotatable bonds is 7. The van der Waals surface area contributed by atoms with Crippen molar-refractivity contribution >= 4 is 27.4 Å². The van der Waals surface area contributed by atoms with Crippen molar-refractivity contribution in [3.8, 4) is 5.75 Å². The van der Waals surface area contributed by atoms with E-state index in [9.17, 15) is 13.2 Å². The van der Waals surface area contributed by atoms with Crippen molar-refractivity contribution in [1.29, 1.82) is 0 Å². The molecule has 0 aliphatic carbocycles. The molecule has 0 spiro atoms. The molecule has 0 saturated carbocycles. The van der Waals surface area contributed by atoms with Crippen molar-refractivity contribution in [2.24, 2.45) is 0 Å². The number of aromatic amines is 1. The van der Waals surface area contributed by atoms with Crippen molar-refractivity contribution in [2.45, 2.75) is 24.2 Å². The summed E-state index contributed by atoms with van der Waals surface area (Å²) in [4.78, 5) is 17.2. The molecule has 0 radical (unpaired) electrons. The molecule has 1 aliphatic heterocycles. The van der Waals surface area contributed by atoms with Gasteiger partial charge in [0.1, 0.15) is 16.8 Å². The van der Waals surface area contributed by atoms with Crippen LogP contribution in [0.4, 0.5) is 11.5 Å². The van der Waals surface area contributed by atoms with Gasteiger partial charge in [-0.2, -0.15) is 4.31 Å². The minimum atomic E-state index is -3.48. The molecular formula is C20H27N4O4S+. The fraction of sp³-hybridized carbons (Fsp3) is 0.400. The number of anilines is 2. The van der Waals surface area contributed by atoms with Crippen LogP contribution in [-0.2, 0) is 14.8 Å². The molecule has 2 N–H and O–H groups in total. The van der Waals surface area contributed by atoms with E-state index in [1.165, 1.54) is 10.5 Å². The predicted molar refractivity (Wildman–Crippen MR) is 111 cm³/mol. The SMILES string of the molecule is COc1ccc(NC(=O)CN(C)c2ccc(S(=O)(=O)N3CCCCC3)c[nH+]2)cc1. The Bertz CT molecular complexity index is 924. The number of sulfonamides is 1. The average molecular weight is 420 g/mol. The topological polar surface area (TPSA) is 93.1 Å². The fourth-order valence-electron chi connectivity index (χ4n) is 3.23. The number of hydrogen-bond donors (Lipinski definition) is 1. The first kappa shape index (κ1) is 21.1. The normalized spacial score (nSPS) is 15.0. The van der Waals surface area contributed by atoms with E-state index in [2.05, 4.69) is 10.3 Å². The summed E-state index contributed by atoms with van der Waals surface area (Å²) in [6.07, 6.45) is 4.35. The van der Waals surface area contributed by atoms with Crippen LogP contribution in [0.2, 0.25) is 0 Å². The summed E-state index contributed by atoms with van der Waals surface area (Å²) in [5.74, 6) is 1.18. The third-order valence-corrected chi connectivity index (χ3v) is 6.78. The van der Waals surface area contributed by atoms with Gasteiger partial charge in [-0.1, -0.05) is 6.42 Å². The smallest absolute Gasteiger partial charge is 0.274 e. The Labute approximate surface area is 171 Å². The number of piperidine rings is 1. The molecule has 8 nitrogen and oxygen atoms in total. The second-order valence-corrected chi connectivity index (χ2v) is 8.95. The molecule has 9 heteroatoms. The first-order chi connectivity index (χ1) is 13.9. The Morgan fingerprint density at radius 3 is 2.41 bits per heavy atom. The van der Waals surface area contributed by atoms with Crippen LogP contribution in [0.5, 0.6) is 5.75 Å². The molecule has 0 atom stereocenters. The number of benzene rings is 1. The molecule has 29 heavy (non-hydrogen) atoms. The number of carbonyl (C=O) groups excluding carboxylic acids is 1. The van der Waals surface area contributed by atoms with Crippen LogP contribution in [0.1, 0.15) is 19.3 Å². The highest BCUT2D eigenvalue weighted by Gasteiger charge is 2.27. The van der Waals surface area contributed by atoms with Crippen LogP contribution in [-0.4, -0.2) is 52.4 Å². The zero-order valence-corrected chi connectivity index (χ0v) is 17.5. The number of methoxy groups -OCH3 is 1. The van der Waals surface area contributed by atoms with Gasteiger partial charge < -0.3 is 10.1 Å². The Hall–Kier alpha value is -2.65. The molecule has 1 aliphatic rings. The number of pyridine rings is 1. The summed E-state index contributed by atoms with van der Waals surface area (Å²) in [6, 6.07) is 10.3.